The molecular weight excluding hydrogens is 520 g/mol. The quantitative estimate of drug-likeness (QED) is 0.168. The van der Waals surface area contributed by atoms with Gasteiger partial charge in [-0.25, -0.2) is 0 Å². The van der Waals surface area contributed by atoms with Gasteiger partial charge in [-0.2, -0.15) is 0 Å². The lowest BCUT2D eigenvalue weighted by Gasteiger charge is -2.08. The molecule has 0 spiro atoms. The summed E-state index contributed by atoms with van der Waals surface area (Å²) in [6.07, 6.45) is 6.94. The van der Waals surface area contributed by atoms with Gasteiger partial charge in [0.05, 0.1) is 6.61 Å². The third-order valence-corrected chi connectivity index (χ3v) is 6.79. The lowest BCUT2D eigenvalue weighted by Crippen LogP contribution is -2.11. The summed E-state index contributed by atoms with van der Waals surface area (Å²) in [4.78, 5) is 24.3. The summed E-state index contributed by atoms with van der Waals surface area (Å²) in [6.45, 7) is 9.09. The first-order valence-electron chi connectivity index (χ1n) is 15.0. The number of carbonyl (C=O) groups is 2. The second-order valence-corrected chi connectivity index (χ2v) is 10.5. The molecule has 0 fully saturated rings. The fourth-order valence-electron chi connectivity index (χ4n) is 4.12. The molecule has 0 saturated carbocycles. The highest BCUT2D eigenvalue weighted by Gasteiger charge is 2.07. The number of hydrogen-bond acceptors (Lipinski definition) is 3. The zero-order chi connectivity index (χ0) is 30.2. The average molecular weight is 565 g/mol. The second kappa shape index (κ2) is 17.4. The van der Waals surface area contributed by atoms with E-state index in [0.29, 0.717) is 17.7 Å². The molecule has 2 N–H and O–H groups in total. The van der Waals surface area contributed by atoms with Crippen LogP contribution in [0.5, 0.6) is 5.75 Å². The summed E-state index contributed by atoms with van der Waals surface area (Å²) < 4.78 is 5.58. The molecule has 4 rings (SSSR count). The van der Waals surface area contributed by atoms with Crippen molar-refractivity contribution in [3.8, 4) is 5.75 Å². The number of rotatable bonds is 12. The van der Waals surface area contributed by atoms with Gasteiger partial charge in [0.1, 0.15) is 5.75 Å². The van der Waals surface area contributed by atoms with E-state index < -0.39 is 0 Å². The van der Waals surface area contributed by atoms with Crippen molar-refractivity contribution >= 4 is 23.2 Å². The minimum Gasteiger partial charge on any atom is -0.494 e. The minimum atomic E-state index is -0.112. The van der Waals surface area contributed by atoms with Crippen molar-refractivity contribution in [3.05, 3.63) is 125 Å². The number of unbranched alkanes of at least 4 members (excludes halogenated alkanes) is 3. The van der Waals surface area contributed by atoms with Crippen LogP contribution in [0, 0.1) is 13.8 Å². The lowest BCUT2D eigenvalue weighted by molar-refractivity contribution is 0.101. The summed E-state index contributed by atoms with van der Waals surface area (Å²) in [7, 11) is 0. The van der Waals surface area contributed by atoms with Gasteiger partial charge in [-0.15, -0.1) is 0 Å². The molecule has 0 saturated heterocycles. The number of benzene rings is 4. The molecule has 0 unspecified atom stereocenters. The molecule has 0 aliphatic rings. The average Bonchev–Trinajstić information content (AvgIpc) is 3.01. The van der Waals surface area contributed by atoms with Crippen molar-refractivity contribution in [3.63, 3.8) is 0 Å². The van der Waals surface area contributed by atoms with Crippen LogP contribution < -0.4 is 15.4 Å². The van der Waals surface area contributed by atoms with Crippen molar-refractivity contribution in [2.75, 3.05) is 17.2 Å². The van der Waals surface area contributed by atoms with Gasteiger partial charge in [0.2, 0.25) is 0 Å². The molecule has 0 bridgehead atoms. The predicted molar refractivity (Wildman–Crippen MR) is 175 cm³/mol. The molecule has 4 aromatic rings. The molecule has 5 nitrogen and oxygen atoms in total. The first-order valence-corrected chi connectivity index (χ1v) is 15.0. The first-order chi connectivity index (χ1) is 20.4. The highest BCUT2D eigenvalue weighted by atomic mass is 16.5. The van der Waals surface area contributed by atoms with E-state index in [1.165, 1.54) is 36.0 Å². The van der Waals surface area contributed by atoms with E-state index >= 15 is 0 Å². The molecule has 0 aliphatic heterocycles. The van der Waals surface area contributed by atoms with Crippen molar-refractivity contribution in [2.24, 2.45) is 0 Å². The Morgan fingerprint density at radius 1 is 0.571 bits per heavy atom. The predicted octanol–water partition coefficient (Wildman–Crippen LogP) is 9.41. The molecule has 0 aromatic heterocycles. The zero-order valence-electron chi connectivity index (χ0n) is 25.4. The summed E-state index contributed by atoms with van der Waals surface area (Å²) in [5, 5.41) is 5.80. The third kappa shape index (κ3) is 11.2. The maximum Gasteiger partial charge on any atom is 0.255 e. The van der Waals surface area contributed by atoms with Crippen molar-refractivity contribution in [1.82, 2.24) is 0 Å². The highest BCUT2D eigenvalue weighted by molar-refractivity contribution is 6.04. The zero-order valence-corrected chi connectivity index (χ0v) is 25.4. The van der Waals surface area contributed by atoms with E-state index in [4.69, 9.17) is 4.74 Å². The fraction of sp³-hybridized carbons (Fsp3) is 0.297. The Morgan fingerprint density at radius 2 is 1.02 bits per heavy atom. The van der Waals surface area contributed by atoms with E-state index in [9.17, 15) is 9.59 Å². The van der Waals surface area contributed by atoms with E-state index in [0.717, 1.165) is 36.4 Å². The Hall–Kier alpha value is -4.38. The SMILES string of the molecule is CCCCCc1ccc(C(=O)Nc2ccc(C)cc2)cc1.CCCCOc1ccc(C(=O)Nc2ccc(C)cc2)cc1. The number of ether oxygens (including phenoxy) is 1. The molecule has 0 radical (unpaired) electrons. The Labute approximate surface area is 251 Å². The topological polar surface area (TPSA) is 67.4 Å². The van der Waals surface area contributed by atoms with Gasteiger partial charge in [-0.05, 0) is 99.3 Å². The van der Waals surface area contributed by atoms with Crippen molar-refractivity contribution in [1.29, 1.82) is 0 Å². The van der Waals surface area contributed by atoms with Crippen LogP contribution in [0.25, 0.3) is 0 Å². The summed E-state index contributed by atoms with van der Waals surface area (Å²) in [6, 6.07) is 30.7. The van der Waals surface area contributed by atoms with Crippen LogP contribution in [0.15, 0.2) is 97.1 Å². The van der Waals surface area contributed by atoms with Crippen LogP contribution in [0.2, 0.25) is 0 Å². The number of carbonyl (C=O) groups excluding carboxylic acids is 2. The van der Waals surface area contributed by atoms with Crippen LogP contribution in [-0.2, 0) is 6.42 Å². The lowest BCUT2D eigenvalue weighted by atomic mass is 10.1. The molecule has 0 aliphatic carbocycles. The number of anilines is 2. The summed E-state index contributed by atoms with van der Waals surface area (Å²) in [5.41, 5.74) is 6.61. The molecule has 42 heavy (non-hydrogen) atoms. The van der Waals surface area contributed by atoms with Gasteiger partial charge >= 0.3 is 0 Å². The van der Waals surface area contributed by atoms with Crippen LogP contribution in [0.1, 0.15) is 83.4 Å². The van der Waals surface area contributed by atoms with Crippen LogP contribution >= 0.6 is 0 Å². The molecular formula is C37H44N2O3. The fourth-order valence-corrected chi connectivity index (χ4v) is 4.12. The third-order valence-electron chi connectivity index (χ3n) is 6.79. The van der Waals surface area contributed by atoms with Crippen LogP contribution in [0.4, 0.5) is 11.4 Å². The van der Waals surface area contributed by atoms with Gasteiger partial charge in [-0.3, -0.25) is 9.59 Å². The van der Waals surface area contributed by atoms with Crippen LogP contribution in [0.3, 0.4) is 0 Å². The number of hydrogen-bond donors (Lipinski definition) is 2. The number of amides is 2. The van der Waals surface area contributed by atoms with Crippen molar-refractivity contribution in [2.45, 2.75) is 66.2 Å². The molecule has 220 valence electrons. The Balaban J connectivity index is 0.000000230. The molecule has 4 aromatic carbocycles. The van der Waals surface area contributed by atoms with Gasteiger partial charge < -0.3 is 15.4 Å². The standard InChI is InChI=1S/C19H23NO.C18H21NO2/c1-3-4-5-6-16-9-11-17(12-10-16)19(21)20-18-13-7-15(2)8-14-18;1-3-4-13-21-17-11-7-15(8-12-17)18(20)19-16-9-5-14(2)6-10-16/h7-14H,3-6H2,1-2H3,(H,20,21);5-12H,3-4,13H2,1-2H3,(H,19,20). The Bertz CT molecular complexity index is 1250. The van der Waals surface area contributed by atoms with Gasteiger partial charge in [0.15, 0.2) is 0 Å². The molecule has 2 amide bonds. The monoisotopic (exact) mass is 564 g/mol. The van der Waals surface area contributed by atoms with E-state index in [2.05, 4.69) is 36.6 Å². The van der Waals surface area contributed by atoms with Gasteiger partial charge in [-0.1, -0.05) is 80.6 Å². The maximum absolute atomic E-state index is 12.2. The molecule has 0 heterocycles. The van der Waals surface area contributed by atoms with E-state index in [1.54, 1.807) is 12.1 Å². The normalized spacial score (nSPS) is 10.3. The van der Waals surface area contributed by atoms with Crippen LogP contribution in [-0.4, -0.2) is 18.4 Å². The van der Waals surface area contributed by atoms with Gasteiger partial charge in [0, 0.05) is 22.5 Å². The molecule has 5 heteroatoms. The van der Waals surface area contributed by atoms with Crippen molar-refractivity contribution < 1.29 is 14.3 Å². The number of nitrogens with one attached hydrogen (secondary N) is 2. The Morgan fingerprint density at radius 3 is 1.48 bits per heavy atom. The van der Waals surface area contributed by atoms with Gasteiger partial charge in [0.25, 0.3) is 11.8 Å². The van der Waals surface area contributed by atoms with E-state index in [-0.39, 0.29) is 11.8 Å². The second-order valence-electron chi connectivity index (χ2n) is 10.5. The maximum atomic E-state index is 12.2. The number of aryl methyl sites for hydroxylation is 3. The Kier molecular flexibility index (Phi) is 13.3. The largest absolute Gasteiger partial charge is 0.494 e. The van der Waals surface area contributed by atoms with E-state index in [1.807, 2.05) is 86.6 Å². The highest BCUT2D eigenvalue weighted by Crippen LogP contribution is 2.16. The minimum absolute atomic E-state index is 0.0565. The first kappa shape index (κ1) is 32.1. The smallest absolute Gasteiger partial charge is 0.255 e. The summed E-state index contributed by atoms with van der Waals surface area (Å²) in [5.74, 6) is 0.633. The molecule has 0 atom stereocenters. The summed E-state index contributed by atoms with van der Waals surface area (Å²) >= 11 is 0.